The minimum atomic E-state index is -1.26. The molecule has 0 amide bonds. The molecule has 0 atom stereocenters. The van der Waals surface area contributed by atoms with E-state index < -0.39 is 11.9 Å². The van der Waals surface area contributed by atoms with Crippen molar-refractivity contribution in [2.75, 3.05) is 7.11 Å². The first-order valence-electron chi connectivity index (χ1n) is 5.94. The fraction of sp³-hybridized carbons (Fsp3) is 0.0667. The topological polar surface area (TPSA) is 93.1 Å². The van der Waals surface area contributed by atoms with Crippen molar-refractivity contribution in [3.05, 3.63) is 53.6 Å². The van der Waals surface area contributed by atoms with E-state index in [2.05, 4.69) is 0 Å². The first-order valence-corrected chi connectivity index (χ1v) is 5.94. The number of methoxy groups -OCH3 is 1. The molecule has 0 radical (unpaired) electrons. The van der Waals surface area contributed by atoms with Gasteiger partial charge in [0, 0.05) is 0 Å². The summed E-state index contributed by atoms with van der Waals surface area (Å²) in [4.78, 5) is 23.1. The summed E-state index contributed by atoms with van der Waals surface area (Å²) in [7, 11) is 1.40. The maximum absolute atomic E-state index is 12.0. The van der Waals surface area contributed by atoms with Gasteiger partial charge in [0.2, 0.25) is 0 Å². The molecule has 0 aliphatic rings. The molecule has 0 aliphatic carbocycles. The summed E-state index contributed by atoms with van der Waals surface area (Å²) in [5, 5.41) is 18.7. The number of benzene rings is 2. The van der Waals surface area contributed by atoms with E-state index in [9.17, 15) is 14.7 Å². The molecule has 0 bridgehead atoms. The van der Waals surface area contributed by atoms with Crippen LogP contribution in [0.25, 0.3) is 0 Å². The Balaban J connectivity index is 2.33. The molecule has 2 N–H and O–H groups in total. The number of phenolic OH excluding ortho intramolecular Hbond substituents is 1. The molecule has 2 aromatic rings. The molecule has 2 aromatic carbocycles. The molecular formula is C15H12O6. The van der Waals surface area contributed by atoms with Crippen LogP contribution in [-0.4, -0.2) is 29.3 Å². The Hall–Kier alpha value is -3.02. The largest absolute Gasteiger partial charge is 0.507 e. The van der Waals surface area contributed by atoms with Crippen LogP contribution in [0.1, 0.15) is 20.7 Å². The van der Waals surface area contributed by atoms with Crippen molar-refractivity contribution in [2.24, 2.45) is 0 Å². The molecule has 6 heteroatoms. The van der Waals surface area contributed by atoms with E-state index in [1.54, 1.807) is 12.1 Å². The van der Waals surface area contributed by atoms with Gasteiger partial charge in [-0.05, 0) is 30.3 Å². The van der Waals surface area contributed by atoms with E-state index in [4.69, 9.17) is 14.6 Å². The van der Waals surface area contributed by atoms with Crippen LogP contribution in [0.3, 0.4) is 0 Å². The first-order chi connectivity index (χ1) is 10.0. The highest BCUT2D eigenvalue weighted by molar-refractivity contribution is 5.97. The molecule has 0 aliphatic heterocycles. The minimum absolute atomic E-state index is 0.0512. The summed E-state index contributed by atoms with van der Waals surface area (Å²) in [5.74, 6) is -2.14. The highest BCUT2D eigenvalue weighted by Gasteiger charge is 2.18. The molecule has 0 unspecified atom stereocenters. The number of aromatic hydroxyl groups is 1. The maximum Gasteiger partial charge on any atom is 0.347 e. The molecule has 0 saturated heterocycles. The Labute approximate surface area is 120 Å². The predicted molar refractivity (Wildman–Crippen MR) is 73.0 cm³/mol. The number of carbonyl (C=O) groups is 2. The van der Waals surface area contributed by atoms with E-state index in [1.807, 2.05) is 0 Å². The van der Waals surface area contributed by atoms with Gasteiger partial charge >= 0.3 is 11.9 Å². The molecule has 108 valence electrons. The van der Waals surface area contributed by atoms with Gasteiger partial charge in [0.15, 0.2) is 0 Å². The van der Waals surface area contributed by atoms with Crippen LogP contribution in [0.4, 0.5) is 0 Å². The molecule has 2 rings (SSSR count). The van der Waals surface area contributed by atoms with Gasteiger partial charge in [-0.15, -0.1) is 0 Å². The number of phenols is 1. The second-order valence-electron chi connectivity index (χ2n) is 4.07. The number of hydrogen-bond acceptors (Lipinski definition) is 5. The van der Waals surface area contributed by atoms with Crippen molar-refractivity contribution in [1.29, 1.82) is 0 Å². The monoisotopic (exact) mass is 288 g/mol. The van der Waals surface area contributed by atoms with Crippen molar-refractivity contribution in [3.8, 4) is 17.2 Å². The van der Waals surface area contributed by atoms with Crippen molar-refractivity contribution in [1.82, 2.24) is 0 Å². The van der Waals surface area contributed by atoms with Crippen molar-refractivity contribution >= 4 is 11.9 Å². The SMILES string of the molecule is COc1ccc(OC(=O)c2ccccc2O)c(C(=O)O)c1. The van der Waals surface area contributed by atoms with Gasteiger partial charge in [-0.1, -0.05) is 12.1 Å². The second kappa shape index (κ2) is 5.96. The molecule has 6 nitrogen and oxygen atoms in total. The minimum Gasteiger partial charge on any atom is -0.507 e. The quantitative estimate of drug-likeness (QED) is 0.662. The van der Waals surface area contributed by atoms with Gasteiger partial charge in [0.25, 0.3) is 0 Å². The van der Waals surface area contributed by atoms with Crippen LogP contribution in [-0.2, 0) is 0 Å². The van der Waals surface area contributed by atoms with E-state index in [0.717, 1.165) is 0 Å². The maximum atomic E-state index is 12.0. The molecule has 0 saturated carbocycles. The zero-order valence-electron chi connectivity index (χ0n) is 11.1. The number of esters is 1. The Kier molecular flexibility index (Phi) is 4.08. The molecule has 0 fully saturated rings. The summed E-state index contributed by atoms with van der Waals surface area (Å²) < 4.78 is 9.96. The summed E-state index contributed by atoms with van der Waals surface area (Å²) in [5.41, 5.74) is -0.261. The highest BCUT2D eigenvalue weighted by Crippen LogP contribution is 2.26. The van der Waals surface area contributed by atoms with Crippen LogP contribution < -0.4 is 9.47 Å². The highest BCUT2D eigenvalue weighted by atomic mass is 16.5. The lowest BCUT2D eigenvalue weighted by molar-refractivity contribution is 0.0680. The smallest absolute Gasteiger partial charge is 0.347 e. The summed E-state index contributed by atoms with van der Waals surface area (Å²) >= 11 is 0. The number of hydrogen-bond donors (Lipinski definition) is 2. The molecule has 0 heterocycles. The number of ether oxygens (including phenoxy) is 2. The molecule has 21 heavy (non-hydrogen) atoms. The third kappa shape index (κ3) is 3.11. The van der Waals surface area contributed by atoms with Gasteiger partial charge in [-0.25, -0.2) is 9.59 Å². The fourth-order valence-electron chi connectivity index (χ4n) is 1.69. The van der Waals surface area contributed by atoms with Crippen LogP contribution >= 0.6 is 0 Å². The third-order valence-corrected chi connectivity index (χ3v) is 2.74. The standard InChI is InChI=1S/C15H12O6/c1-20-9-6-7-13(11(8-9)14(17)18)21-15(19)10-4-2-3-5-12(10)16/h2-8,16H,1H3,(H,17,18). The van der Waals surface area contributed by atoms with Crippen LogP contribution in [0, 0.1) is 0 Å². The van der Waals surface area contributed by atoms with Gasteiger partial charge in [-0.3, -0.25) is 0 Å². The lowest BCUT2D eigenvalue weighted by Gasteiger charge is -2.09. The van der Waals surface area contributed by atoms with Crippen LogP contribution in [0.15, 0.2) is 42.5 Å². The lowest BCUT2D eigenvalue weighted by atomic mass is 10.1. The lowest BCUT2D eigenvalue weighted by Crippen LogP contribution is -2.11. The Bertz CT molecular complexity index is 692. The summed E-state index contributed by atoms with van der Waals surface area (Å²) in [6.45, 7) is 0. The first kappa shape index (κ1) is 14.4. The third-order valence-electron chi connectivity index (χ3n) is 2.74. The van der Waals surface area contributed by atoms with Crippen LogP contribution in [0.5, 0.6) is 17.2 Å². The molecular weight excluding hydrogens is 276 g/mol. The molecule has 0 spiro atoms. The number of aromatic carboxylic acids is 1. The second-order valence-corrected chi connectivity index (χ2v) is 4.07. The van der Waals surface area contributed by atoms with Gasteiger partial charge in [0.1, 0.15) is 28.4 Å². The van der Waals surface area contributed by atoms with Crippen LogP contribution in [0.2, 0.25) is 0 Å². The fourth-order valence-corrected chi connectivity index (χ4v) is 1.69. The zero-order valence-corrected chi connectivity index (χ0v) is 11.1. The number of rotatable bonds is 4. The van der Waals surface area contributed by atoms with E-state index in [1.165, 1.54) is 37.4 Å². The Morgan fingerprint density at radius 2 is 1.76 bits per heavy atom. The predicted octanol–water partition coefficient (Wildman–Crippen LogP) is 2.32. The number of carboxylic acid groups (broad SMARTS) is 1. The number of carbonyl (C=O) groups excluding carboxylic acids is 1. The summed E-state index contributed by atoms with van der Waals surface area (Å²) in [6.07, 6.45) is 0. The summed E-state index contributed by atoms with van der Waals surface area (Å²) in [6, 6.07) is 9.87. The van der Waals surface area contributed by atoms with Crippen molar-refractivity contribution in [3.63, 3.8) is 0 Å². The Morgan fingerprint density at radius 1 is 1.05 bits per heavy atom. The average molecular weight is 288 g/mol. The van der Waals surface area contributed by atoms with E-state index >= 15 is 0 Å². The Morgan fingerprint density at radius 3 is 2.38 bits per heavy atom. The molecule has 0 aromatic heterocycles. The van der Waals surface area contributed by atoms with E-state index in [0.29, 0.717) is 5.75 Å². The van der Waals surface area contributed by atoms with Crippen molar-refractivity contribution in [2.45, 2.75) is 0 Å². The van der Waals surface area contributed by atoms with E-state index in [-0.39, 0.29) is 22.6 Å². The number of carboxylic acids is 1. The number of para-hydroxylation sites is 1. The normalized spacial score (nSPS) is 9.95. The van der Waals surface area contributed by atoms with Crippen molar-refractivity contribution < 1.29 is 29.3 Å². The van der Waals surface area contributed by atoms with Gasteiger partial charge < -0.3 is 19.7 Å². The van der Waals surface area contributed by atoms with Gasteiger partial charge in [-0.2, -0.15) is 0 Å². The average Bonchev–Trinajstić information content (AvgIpc) is 2.47. The zero-order chi connectivity index (χ0) is 15.4. The van der Waals surface area contributed by atoms with Gasteiger partial charge in [0.05, 0.1) is 7.11 Å².